The second-order valence-corrected chi connectivity index (χ2v) is 21.2. The van der Waals surface area contributed by atoms with Crippen LogP contribution in [0.25, 0.3) is 0 Å². The van der Waals surface area contributed by atoms with Crippen molar-refractivity contribution in [3.63, 3.8) is 0 Å². The highest BCUT2D eigenvalue weighted by Gasteiger charge is 2.26. The van der Waals surface area contributed by atoms with Crippen LogP contribution in [0.3, 0.4) is 0 Å². The van der Waals surface area contributed by atoms with Crippen LogP contribution in [0.15, 0.2) is 0 Å². The summed E-state index contributed by atoms with van der Waals surface area (Å²) in [7, 11) is -4.50. The lowest BCUT2D eigenvalue weighted by Crippen LogP contribution is -2.42. The molecule has 0 aliphatic rings. The highest BCUT2D eigenvalue weighted by molar-refractivity contribution is 6.70. The van der Waals surface area contributed by atoms with Gasteiger partial charge < -0.3 is 13.3 Å². The Labute approximate surface area is 117 Å². The summed E-state index contributed by atoms with van der Waals surface area (Å²) in [6.07, 6.45) is 0.0927. The standard InChI is InChI=1S/C12H32O3Si3/c1-16(2,3)13-10-12(15-18(7,8)9)11-14-17(4,5)6/h12H,10-11H2,1-9H3. The summed E-state index contributed by atoms with van der Waals surface area (Å²) in [5.74, 6) is 0. The van der Waals surface area contributed by atoms with Crippen molar-refractivity contribution in [2.24, 2.45) is 0 Å². The first-order chi connectivity index (χ1) is 7.79. The van der Waals surface area contributed by atoms with E-state index in [4.69, 9.17) is 13.3 Å². The van der Waals surface area contributed by atoms with Gasteiger partial charge in [0.15, 0.2) is 25.0 Å². The monoisotopic (exact) mass is 308 g/mol. The third-order valence-electron chi connectivity index (χ3n) is 1.92. The molecule has 0 rings (SSSR count). The molecule has 0 fully saturated rings. The second-order valence-electron chi connectivity index (χ2n) is 7.70. The molecule has 0 saturated carbocycles. The summed E-state index contributed by atoms with van der Waals surface area (Å²) in [6.45, 7) is 21.2. The first-order valence-corrected chi connectivity index (χ1v) is 17.0. The Balaban J connectivity index is 4.35. The molecule has 0 radical (unpaired) electrons. The number of hydrogen-bond acceptors (Lipinski definition) is 3. The minimum Gasteiger partial charge on any atom is -0.415 e. The van der Waals surface area contributed by atoms with E-state index < -0.39 is 25.0 Å². The Hall–Kier alpha value is 0.531. The van der Waals surface area contributed by atoms with E-state index in [2.05, 4.69) is 58.9 Å². The summed E-state index contributed by atoms with van der Waals surface area (Å²) in [5.41, 5.74) is 0. The van der Waals surface area contributed by atoms with Crippen LogP contribution in [0.1, 0.15) is 0 Å². The van der Waals surface area contributed by atoms with Crippen molar-refractivity contribution in [3.8, 4) is 0 Å². The van der Waals surface area contributed by atoms with Gasteiger partial charge in [0.05, 0.1) is 19.3 Å². The van der Waals surface area contributed by atoms with Crippen LogP contribution in [0, 0.1) is 0 Å². The predicted molar refractivity (Wildman–Crippen MR) is 86.8 cm³/mol. The van der Waals surface area contributed by atoms with E-state index in [1.54, 1.807) is 0 Å². The Morgan fingerprint density at radius 1 is 0.611 bits per heavy atom. The highest BCUT2D eigenvalue weighted by atomic mass is 28.4. The third kappa shape index (κ3) is 13.0. The van der Waals surface area contributed by atoms with Gasteiger partial charge in [0.1, 0.15) is 0 Å². The molecule has 18 heavy (non-hydrogen) atoms. The average molecular weight is 309 g/mol. The maximum absolute atomic E-state index is 6.16. The molecule has 0 aromatic rings. The molecule has 0 N–H and O–H groups in total. The third-order valence-corrected chi connectivity index (χ3v) is 5.03. The van der Waals surface area contributed by atoms with E-state index in [0.29, 0.717) is 13.2 Å². The van der Waals surface area contributed by atoms with Crippen molar-refractivity contribution in [2.45, 2.75) is 65.0 Å². The zero-order chi connectivity index (χ0) is 14.6. The SMILES string of the molecule is C[Si](C)(C)OCC(CO[Si](C)(C)C)O[Si](C)(C)C. The summed E-state index contributed by atoms with van der Waals surface area (Å²) < 4.78 is 18.1. The van der Waals surface area contributed by atoms with Gasteiger partial charge in [0.25, 0.3) is 0 Å². The van der Waals surface area contributed by atoms with Gasteiger partial charge in [-0.1, -0.05) is 0 Å². The van der Waals surface area contributed by atoms with Crippen LogP contribution in [0.5, 0.6) is 0 Å². The second kappa shape index (κ2) is 6.81. The van der Waals surface area contributed by atoms with E-state index >= 15 is 0 Å². The molecule has 0 spiro atoms. The van der Waals surface area contributed by atoms with Crippen LogP contribution in [-0.2, 0) is 13.3 Å². The van der Waals surface area contributed by atoms with Gasteiger partial charge >= 0.3 is 0 Å². The summed E-state index contributed by atoms with van der Waals surface area (Å²) >= 11 is 0. The van der Waals surface area contributed by atoms with Gasteiger partial charge in [-0.25, -0.2) is 0 Å². The summed E-state index contributed by atoms with van der Waals surface area (Å²) in [4.78, 5) is 0. The fourth-order valence-electron chi connectivity index (χ4n) is 1.30. The first kappa shape index (κ1) is 18.5. The van der Waals surface area contributed by atoms with Gasteiger partial charge in [0, 0.05) is 0 Å². The largest absolute Gasteiger partial charge is 0.415 e. The van der Waals surface area contributed by atoms with Crippen molar-refractivity contribution in [1.82, 2.24) is 0 Å². The molecule has 0 unspecified atom stereocenters. The molecule has 0 amide bonds. The van der Waals surface area contributed by atoms with Gasteiger partial charge in [-0.15, -0.1) is 0 Å². The normalized spacial score (nSPS) is 14.3. The van der Waals surface area contributed by atoms with Crippen LogP contribution in [0.2, 0.25) is 58.9 Å². The molecule has 0 saturated heterocycles. The highest BCUT2D eigenvalue weighted by Crippen LogP contribution is 2.13. The predicted octanol–water partition coefficient (Wildman–Crippen LogP) is 3.91. The number of hydrogen-bond donors (Lipinski definition) is 0. The van der Waals surface area contributed by atoms with E-state index in [0.717, 1.165) is 0 Å². The smallest absolute Gasteiger partial charge is 0.184 e. The lowest BCUT2D eigenvalue weighted by Gasteiger charge is -2.31. The van der Waals surface area contributed by atoms with Gasteiger partial charge in [-0.05, 0) is 58.9 Å². The Morgan fingerprint density at radius 2 is 0.944 bits per heavy atom. The van der Waals surface area contributed by atoms with Crippen molar-refractivity contribution in [3.05, 3.63) is 0 Å². The first-order valence-electron chi connectivity index (χ1n) is 6.74. The molecule has 110 valence electrons. The minimum atomic E-state index is -1.54. The molecule has 3 nitrogen and oxygen atoms in total. The van der Waals surface area contributed by atoms with E-state index in [9.17, 15) is 0 Å². The van der Waals surface area contributed by atoms with E-state index in [-0.39, 0.29) is 6.10 Å². The lowest BCUT2D eigenvalue weighted by atomic mass is 10.4. The summed E-state index contributed by atoms with van der Waals surface area (Å²) in [6, 6.07) is 0. The van der Waals surface area contributed by atoms with Crippen molar-refractivity contribution < 1.29 is 13.3 Å². The van der Waals surface area contributed by atoms with Gasteiger partial charge in [-0.3, -0.25) is 0 Å². The molecule has 0 atom stereocenters. The lowest BCUT2D eigenvalue weighted by molar-refractivity contribution is 0.0706. The molecule has 0 aromatic heterocycles. The zero-order valence-electron chi connectivity index (χ0n) is 13.7. The number of rotatable bonds is 8. The molecular weight excluding hydrogens is 276 g/mol. The fourth-order valence-corrected chi connectivity index (χ4v) is 3.81. The van der Waals surface area contributed by atoms with Gasteiger partial charge in [0.2, 0.25) is 0 Å². The minimum absolute atomic E-state index is 0.0927. The molecule has 6 heteroatoms. The van der Waals surface area contributed by atoms with Crippen molar-refractivity contribution in [1.29, 1.82) is 0 Å². The topological polar surface area (TPSA) is 27.7 Å². The molecule has 0 aliphatic carbocycles. The zero-order valence-corrected chi connectivity index (χ0v) is 16.7. The molecular formula is C12H32O3Si3. The van der Waals surface area contributed by atoms with Gasteiger partial charge in [-0.2, -0.15) is 0 Å². The van der Waals surface area contributed by atoms with Crippen molar-refractivity contribution >= 4 is 25.0 Å². The van der Waals surface area contributed by atoms with E-state index in [1.165, 1.54) is 0 Å². The van der Waals surface area contributed by atoms with Crippen LogP contribution < -0.4 is 0 Å². The van der Waals surface area contributed by atoms with Crippen LogP contribution in [-0.4, -0.2) is 44.3 Å². The molecule has 0 aromatic carbocycles. The van der Waals surface area contributed by atoms with Crippen molar-refractivity contribution in [2.75, 3.05) is 13.2 Å². The van der Waals surface area contributed by atoms with Crippen LogP contribution >= 0.6 is 0 Å². The average Bonchev–Trinajstić information content (AvgIpc) is 2.05. The van der Waals surface area contributed by atoms with E-state index in [1.807, 2.05) is 0 Å². The maximum Gasteiger partial charge on any atom is 0.184 e. The Morgan fingerprint density at radius 3 is 1.17 bits per heavy atom. The maximum atomic E-state index is 6.16. The quantitative estimate of drug-likeness (QED) is 0.636. The summed E-state index contributed by atoms with van der Waals surface area (Å²) in [5, 5.41) is 0. The molecule has 0 aliphatic heterocycles. The molecule has 0 heterocycles. The Kier molecular flexibility index (Phi) is 7.01. The Bertz CT molecular complexity index is 220. The fraction of sp³-hybridized carbons (Fsp3) is 1.00. The molecule has 0 bridgehead atoms. The van der Waals surface area contributed by atoms with Crippen LogP contribution in [0.4, 0.5) is 0 Å².